The monoisotopic (exact) mass is 396 g/mol. The fourth-order valence-corrected chi connectivity index (χ4v) is 4.76. The lowest BCUT2D eigenvalue weighted by atomic mass is 10.2. The molecular formula is C20H20N4OS2. The molecule has 0 aliphatic heterocycles. The van der Waals surface area contributed by atoms with Crippen molar-refractivity contribution < 1.29 is 0 Å². The molecule has 2 heterocycles. The van der Waals surface area contributed by atoms with E-state index >= 15 is 0 Å². The van der Waals surface area contributed by atoms with Crippen LogP contribution in [-0.4, -0.2) is 25.1 Å². The Balaban J connectivity index is 1.83. The smallest absolute Gasteiger partial charge is 0.291 e. The zero-order valence-corrected chi connectivity index (χ0v) is 16.9. The highest BCUT2D eigenvalue weighted by Gasteiger charge is 2.18. The molecule has 4 aromatic rings. The van der Waals surface area contributed by atoms with E-state index in [1.807, 2.05) is 36.4 Å². The van der Waals surface area contributed by atoms with Crippen LogP contribution in [0, 0.1) is 6.92 Å². The van der Waals surface area contributed by atoms with Crippen molar-refractivity contribution in [3.8, 4) is 5.69 Å². The summed E-state index contributed by atoms with van der Waals surface area (Å²) in [7, 11) is 0. The lowest BCUT2D eigenvalue weighted by molar-refractivity contribution is 0.724. The van der Waals surface area contributed by atoms with E-state index in [1.165, 1.54) is 11.3 Å². The molecule has 0 bridgehead atoms. The van der Waals surface area contributed by atoms with Gasteiger partial charge in [-0.25, -0.2) is 0 Å². The minimum atomic E-state index is 0.0262. The molecule has 0 saturated carbocycles. The van der Waals surface area contributed by atoms with Crippen LogP contribution in [0.15, 0.2) is 58.5 Å². The second kappa shape index (κ2) is 7.70. The number of thiazole rings is 1. The largest absolute Gasteiger partial charge is 0.308 e. The molecule has 0 unspecified atom stereocenters. The summed E-state index contributed by atoms with van der Waals surface area (Å²) >= 11 is 2.96. The molecule has 0 aliphatic carbocycles. The van der Waals surface area contributed by atoms with Crippen LogP contribution in [0.1, 0.15) is 24.7 Å². The summed E-state index contributed by atoms with van der Waals surface area (Å²) < 4.78 is 4.87. The van der Waals surface area contributed by atoms with Gasteiger partial charge in [-0.2, -0.15) is 0 Å². The first-order valence-electron chi connectivity index (χ1n) is 8.90. The summed E-state index contributed by atoms with van der Waals surface area (Å²) in [6.45, 7) is 4.63. The molecule has 0 aliphatic rings. The molecule has 27 heavy (non-hydrogen) atoms. The summed E-state index contributed by atoms with van der Waals surface area (Å²) in [6, 6.07) is 16.1. The molecule has 0 atom stereocenters. The number of aryl methyl sites for hydroxylation is 1. The maximum absolute atomic E-state index is 12.6. The fourth-order valence-electron chi connectivity index (χ4n) is 3.05. The molecule has 0 spiro atoms. The first-order chi connectivity index (χ1) is 13.2. The molecule has 0 radical (unpaired) electrons. The van der Waals surface area contributed by atoms with Gasteiger partial charge in [0, 0.05) is 5.75 Å². The van der Waals surface area contributed by atoms with Crippen LogP contribution in [0.25, 0.3) is 15.9 Å². The van der Waals surface area contributed by atoms with Crippen molar-refractivity contribution in [2.45, 2.75) is 32.0 Å². The second-order valence-electron chi connectivity index (χ2n) is 6.29. The van der Waals surface area contributed by atoms with Gasteiger partial charge in [0.25, 0.3) is 0 Å². The van der Waals surface area contributed by atoms with Gasteiger partial charge in [-0.15, -0.1) is 10.2 Å². The molecule has 4 rings (SSSR count). The van der Waals surface area contributed by atoms with Crippen molar-refractivity contribution in [3.05, 3.63) is 69.6 Å². The van der Waals surface area contributed by atoms with Gasteiger partial charge >= 0.3 is 4.87 Å². The number of para-hydroxylation sites is 2. The van der Waals surface area contributed by atoms with Crippen LogP contribution in [0.4, 0.5) is 0 Å². The first-order valence-corrected chi connectivity index (χ1v) is 10.7. The highest BCUT2D eigenvalue weighted by Crippen LogP contribution is 2.26. The minimum absolute atomic E-state index is 0.0262. The molecule has 0 amide bonds. The van der Waals surface area contributed by atoms with Crippen LogP contribution in [0.5, 0.6) is 0 Å². The third kappa shape index (κ3) is 3.44. The average Bonchev–Trinajstić information content (AvgIpc) is 3.22. The predicted molar refractivity (Wildman–Crippen MR) is 112 cm³/mol. The van der Waals surface area contributed by atoms with Gasteiger partial charge in [-0.05, 0) is 37.1 Å². The van der Waals surface area contributed by atoms with E-state index in [0.717, 1.165) is 44.6 Å². The third-order valence-corrected chi connectivity index (χ3v) is 6.46. The van der Waals surface area contributed by atoms with Crippen molar-refractivity contribution in [1.29, 1.82) is 0 Å². The molecule has 138 valence electrons. The Bertz CT molecular complexity index is 1140. The quantitative estimate of drug-likeness (QED) is 0.450. The van der Waals surface area contributed by atoms with Gasteiger partial charge < -0.3 is 0 Å². The van der Waals surface area contributed by atoms with E-state index in [0.29, 0.717) is 6.54 Å². The lowest BCUT2D eigenvalue weighted by Crippen LogP contribution is -2.17. The number of fused-ring (bicyclic) bond motifs is 1. The number of aromatic nitrogens is 4. The number of thioether (sulfide) groups is 1. The molecule has 7 heteroatoms. The van der Waals surface area contributed by atoms with Gasteiger partial charge in [0.15, 0.2) is 11.0 Å². The highest BCUT2D eigenvalue weighted by molar-refractivity contribution is 7.99. The number of rotatable bonds is 6. The number of nitrogens with zero attached hydrogens (tertiary/aromatic N) is 4. The van der Waals surface area contributed by atoms with E-state index in [9.17, 15) is 4.79 Å². The average molecular weight is 397 g/mol. The van der Waals surface area contributed by atoms with Crippen LogP contribution in [0.3, 0.4) is 0 Å². The fraction of sp³-hybridized carbons (Fsp3) is 0.250. The standard InChI is InChI=1S/C20H20N4OS2/c1-3-12-26-19-22-21-18(24(19)15-9-5-4-8-14(15)2)13-23-16-10-6-7-11-17(16)27-20(23)25/h4-11H,3,12-13H2,1-2H3. The zero-order valence-electron chi connectivity index (χ0n) is 15.3. The minimum Gasteiger partial charge on any atom is -0.291 e. The zero-order chi connectivity index (χ0) is 18.8. The first kappa shape index (κ1) is 18.0. The van der Waals surface area contributed by atoms with E-state index in [2.05, 4.69) is 40.7 Å². The van der Waals surface area contributed by atoms with Crippen LogP contribution >= 0.6 is 23.1 Å². The van der Waals surface area contributed by atoms with Crippen molar-refractivity contribution in [2.24, 2.45) is 0 Å². The number of hydrogen-bond donors (Lipinski definition) is 0. The summed E-state index contributed by atoms with van der Waals surface area (Å²) in [5.41, 5.74) is 3.15. The van der Waals surface area contributed by atoms with Gasteiger partial charge in [0.2, 0.25) is 0 Å². The molecule has 0 N–H and O–H groups in total. The van der Waals surface area contributed by atoms with Gasteiger partial charge in [0.1, 0.15) is 0 Å². The van der Waals surface area contributed by atoms with E-state index in [4.69, 9.17) is 0 Å². The van der Waals surface area contributed by atoms with Crippen LogP contribution in [0.2, 0.25) is 0 Å². The molecule has 0 fully saturated rings. The molecule has 0 saturated heterocycles. The highest BCUT2D eigenvalue weighted by atomic mass is 32.2. The molecule has 5 nitrogen and oxygen atoms in total. The third-order valence-electron chi connectivity index (χ3n) is 4.37. The maximum atomic E-state index is 12.6. The van der Waals surface area contributed by atoms with Gasteiger partial charge in [-0.3, -0.25) is 13.9 Å². The Kier molecular flexibility index (Phi) is 5.13. The number of hydrogen-bond acceptors (Lipinski definition) is 5. The molecule has 2 aromatic heterocycles. The molecule has 2 aromatic carbocycles. The van der Waals surface area contributed by atoms with Crippen molar-refractivity contribution >= 4 is 33.3 Å². The Labute approximate surface area is 165 Å². The van der Waals surface area contributed by atoms with Gasteiger partial charge in [-0.1, -0.05) is 60.4 Å². The Hall–Kier alpha value is -2.38. The van der Waals surface area contributed by atoms with Crippen LogP contribution < -0.4 is 4.87 Å². The van der Waals surface area contributed by atoms with Crippen molar-refractivity contribution in [3.63, 3.8) is 0 Å². The summed E-state index contributed by atoms with van der Waals surface area (Å²) in [5, 5.41) is 9.74. The normalized spacial score (nSPS) is 11.3. The second-order valence-corrected chi connectivity index (χ2v) is 8.35. The van der Waals surface area contributed by atoms with Crippen molar-refractivity contribution in [1.82, 2.24) is 19.3 Å². The topological polar surface area (TPSA) is 52.7 Å². The maximum Gasteiger partial charge on any atom is 0.308 e. The van der Waals surface area contributed by atoms with Gasteiger partial charge in [0.05, 0.1) is 22.4 Å². The summed E-state index contributed by atoms with van der Waals surface area (Å²) in [5.74, 6) is 1.75. The van der Waals surface area contributed by atoms with Crippen LogP contribution in [-0.2, 0) is 6.54 Å². The Morgan fingerprint density at radius 1 is 1.07 bits per heavy atom. The predicted octanol–water partition coefficient (Wildman–Crippen LogP) is 4.50. The summed E-state index contributed by atoms with van der Waals surface area (Å²) in [4.78, 5) is 12.6. The van der Waals surface area contributed by atoms with E-state index in [-0.39, 0.29) is 4.87 Å². The Morgan fingerprint density at radius 2 is 1.85 bits per heavy atom. The SMILES string of the molecule is CCCSc1nnc(Cn2c(=O)sc3ccccc32)n1-c1ccccc1C. The lowest BCUT2D eigenvalue weighted by Gasteiger charge is -2.13. The van der Waals surface area contributed by atoms with E-state index in [1.54, 1.807) is 16.3 Å². The number of benzene rings is 2. The van der Waals surface area contributed by atoms with E-state index < -0.39 is 0 Å². The summed E-state index contributed by atoms with van der Waals surface area (Å²) in [6.07, 6.45) is 1.06. The Morgan fingerprint density at radius 3 is 2.67 bits per heavy atom. The van der Waals surface area contributed by atoms with Crippen molar-refractivity contribution in [2.75, 3.05) is 5.75 Å². The molecular weight excluding hydrogens is 376 g/mol.